The van der Waals surface area contributed by atoms with Crippen LogP contribution in [-0.4, -0.2) is 51.6 Å². The highest BCUT2D eigenvalue weighted by atomic mass is 32.2. The molecule has 22 heavy (non-hydrogen) atoms. The van der Waals surface area contributed by atoms with Gasteiger partial charge >= 0.3 is 0 Å². The Bertz CT molecular complexity index is 658. The van der Waals surface area contributed by atoms with Crippen molar-refractivity contribution in [3.63, 3.8) is 0 Å². The van der Waals surface area contributed by atoms with Gasteiger partial charge in [0.1, 0.15) is 0 Å². The summed E-state index contributed by atoms with van der Waals surface area (Å²) in [6.45, 7) is 5.62. The Kier molecular flexibility index (Phi) is 4.60. The minimum absolute atomic E-state index is 0.273. The number of nitrogens with one attached hydrogen (secondary N) is 2. The van der Waals surface area contributed by atoms with Crippen LogP contribution in [0.2, 0.25) is 0 Å². The molecule has 8 heteroatoms. The van der Waals surface area contributed by atoms with Crippen LogP contribution in [0, 0.1) is 0 Å². The topological polar surface area (TPSA) is 73.8 Å². The van der Waals surface area contributed by atoms with Gasteiger partial charge < -0.3 is 10.2 Å². The molecule has 0 unspecified atom stereocenters. The zero-order chi connectivity index (χ0) is 15.6. The molecule has 0 bridgehead atoms. The minimum Gasteiger partial charge on any atom is -0.369 e. The summed E-state index contributed by atoms with van der Waals surface area (Å²) in [6, 6.07) is 7.50. The quantitative estimate of drug-likeness (QED) is 0.854. The Morgan fingerprint density at radius 3 is 2.77 bits per heavy atom. The third-order valence-corrected chi connectivity index (χ3v) is 6.06. The summed E-state index contributed by atoms with van der Waals surface area (Å²) < 4.78 is 27.1. The van der Waals surface area contributed by atoms with Crippen LogP contribution < -0.4 is 14.9 Å². The highest BCUT2D eigenvalue weighted by Crippen LogP contribution is 2.20. The molecule has 1 saturated heterocycles. The van der Waals surface area contributed by atoms with Crippen LogP contribution in [0.1, 0.15) is 6.92 Å². The molecule has 0 radical (unpaired) electrons. The van der Waals surface area contributed by atoms with Crippen molar-refractivity contribution in [3.05, 3.63) is 24.3 Å². The first kappa shape index (κ1) is 15.6. The number of rotatable bonds is 3. The molecule has 0 aromatic heterocycles. The number of thioether (sulfide) groups is 1. The van der Waals surface area contributed by atoms with Gasteiger partial charge in [0.05, 0.1) is 11.4 Å². The van der Waals surface area contributed by atoms with Crippen LogP contribution in [0.25, 0.3) is 0 Å². The molecule has 1 aromatic carbocycles. The molecule has 2 N–H and O–H groups in total. The molecule has 6 nitrogen and oxygen atoms in total. The van der Waals surface area contributed by atoms with Crippen LogP contribution in [0.3, 0.4) is 0 Å². The predicted molar refractivity (Wildman–Crippen MR) is 91.2 cm³/mol. The third kappa shape index (κ3) is 3.56. The van der Waals surface area contributed by atoms with Gasteiger partial charge in [-0.1, -0.05) is 11.8 Å². The fourth-order valence-corrected chi connectivity index (χ4v) is 4.60. The molecule has 0 amide bonds. The van der Waals surface area contributed by atoms with Gasteiger partial charge in [-0.05, 0) is 31.2 Å². The van der Waals surface area contributed by atoms with E-state index in [0.29, 0.717) is 17.8 Å². The molecule has 1 aromatic rings. The number of hydrogen-bond donors (Lipinski definition) is 2. The van der Waals surface area contributed by atoms with Gasteiger partial charge in [0, 0.05) is 37.1 Å². The van der Waals surface area contributed by atoms with Gasteiger partial charge in [-0.25, -0.2) is 8.42 Å². The first-order chi connectivity index (χ1) is 10.5. The van der Waals surface area contributed by atoms with Crippen LogP contribution in [-0.2, 0) is 10.0 Å². The van der Waals surface area contributed by atoms with Crippen molar-refractivity contribution in [1.29, 1.82) is 0 Å². The van der Waals surface area contributed by atoms with E-state index in [1.165, 1.54) is 11.8 Å². The standard InChI is InChI=1S/C14H20N4O2S2/c1-11-10-18(8-6-15-11)12-2-4-13(5-3-12)22(19,20)17-14-16-7-9-21-14/h2-5,11,15H,6-10H2,1H3,(H,16,17)/t11-/m0/s1. The first-order valence-corrected chi connectivity index (χ1v) is 9.80. The van der Waals surface area contributed by atoms with Gasteiger partial charge in [0.2, 0.25) is 0 Å². The third-order valence-electron chi connectivity index (χ3n) is 3.69. The van der Waals surface area contributed by atoms with Gasteiger partial charge in [-0.3, -0.25) is 9.71 Å². The molecule has 0 aliphatic carbocycles. The van der Waals surface area contributed by atoms with Gasteiger partial charge in [-0.2, -0.15) is 0 Å². The maximum Gasteiger partial charge on any atom is 0.263 e. The zero-order valence-corrected chi connectivity index (χ0v) is 14.1. The summed E-state index contributed by atoms with van der Waals surface area (Å²) in [5, 5.41) is 3.88. The van der Waals surface area contributed by atoms with E-state index < -0.39 is 10.0 Å². The van der Waals surface area contributed by atoms with E-state index in [2.05, 4.69) is 26.9 Å². The van der Waals surface area contributed by atoms with Crippen molar-refractivity contribution in [2.45, 2.75) is 17.9 Å². The van der Waals surface area contributed by atoms with Crippen LogP contribution in [0.15, 0.2) is 34.2 Å². The van der Waals surface area contributed by atoms with Gasteiger partial charge in [0.15, 0.2) is 5.17 Å². The monoisotopic (exact) mass is 340 g/mol. The molecule has 1 atom stereocenters. The van der Waals surface area contributed by atoms with Crippen molar-refractivity contribution < 1.29 is 8.42 Å². The Balaban J connectivity index is 1.73. The lowest BCUT2D eigenvalue weighted by molar-refractivity contribution is 0.485. The number of benzene rings is 1. The highest BCUT2D eigenvalue weighted by molar-refractivity contribution is 8.15. The van der Waals surface area contributed by atoms with Crippen LogP contribution in [0.5, 0.6) is 0 Å². The number of sulfonamides is 1. The fraction of sp³-hybridized carbons (Fsp3) is 0.500. The lowest BCUT2D eigenvalue weighted by atomic mass is 10.2. The zero-order valence-electron chi connectivity index (χ0n) is 12.4. The summed E-state index contributed by atoms with van der Waals surface area (Å²) in [5.41, 5.74) is 1.06. The lowest BCUT2D eigenvalue weighted by Crippen LogP contribution is -2.49. The number of piperazine rings is 1. The second-order valence-corrected chi connectivity index (χ2v) is 8.20. The molecular formula is C14H20N4O2S2. The molecule has 2 aliphatic heterocycles. The van der Waals surface area contributed by atoms with E-state index in [0.717, 1.165) is 31.1 Å². The van der Waals surface area contributed by atoms with Crippen molar-refractivity contribution >= 4 is 32.6 Å². The molecule has 0 saturated carbocycles. The number of amidine groups is 1. The summed E-state index contributed by atoms with van der Waals surface area (Å²) in [6.07, 6.45) is 0. The summed E-state index contributed by atoms with van der Waals surface area (Å²) >= 11 is 1.43. The number of aliphatic imine (C=N–C) groups is 1. The maximum atomic E-state index is 12.3. The predicted octanol–water partition coefficient (Wildman–Crippen LogP) is 0.866. The van der Waals surface area contributed by atoms with Gasteiger partial charge in [0.25, 0.3) is 10.0 Å². The fourth-order valence-electron chi connectivity index (χ4n) is 2.57. The van der Waals surface area contributed by atoms with Crippen molar-refractivity contribution in [2.24, 2.45) is 4.99 Å². The average Bonchev–Trinajstić information content (AvgIpc) is 2.99. The first-order valence-electron chi connectivity index (χ1n) is 7.33. The molecule has 3 rings (SSSR count). The van der Waals surface area contributed by atoms with E-state index in [1.807, 2.05) is 12.1 Å². The van der Waals surface area contributed by atoms with E-state index in [1.54, 1.807) is 12.1 Å². The molecule has 2 aliphatic rings. The maximum absolute atomic E-state index is 12.3. The Morgan fingerprint density at radius 2 is 2.14 bits per heavy atom. The Hall–Kier alpha value is -1.25. The van der Waals surface area contributed by atoms with E-state index >= 15 is 0 Å². The molecular weight excluding hydrogens is 320 g/mol. The lowest BCUT2D eigenvalue weighted by Gasteiger charge is -2.33. The Morgan fingerprint density at radius 1 is 1.36 bits per heavy atom. The van der Waals surface area contributed by atoms with Crippen LogP contribution >= 0.6 is 11.8 Å². The molecule has 0 spiro atoms. The van der Waals surface area contributed by atoms with E-state index in [-0.39, 0.29) is 4.90 Å². The van der Waals surface area contributed by atoms with Crippen molar-refractivity contribution in [3.8, 4) is 0 Å². The van der Waals surface area contributed by atoms with E-state index in [4.69, 9.17) is 0 Å². The summed E-state index contributed by atoms with van der Waals surface area (Å²) in [4.78, 5) is 6.66. The molecule has 1 fully saturated rings. The second kappa shape index (κ2) is 6.47. The van der Waals surface area contributed by atoms with Gasteiger partial charge in [-0.15, -0.1) is 0 Å². The van der Waals surface area contributed by atoms with Crippen molar-refractivity contribution in [2.75, 3.05) is 36.8 Å². The van der Waals surface area contributed by atoms with Crippen LogP contribution in [0.4, 0.5) is 5.69 Å². The molecule has 120 valence electrons. The average molecular weight is 340 g/mol. The summed E-state index contributed by atoms with van der Waals surface area (Å²) in [7, 11) is -3.53. The Labute approximate surface area is 135 Å². The normalized spacial score (nSPS) is 22.5. The smallest absolute Gasteiger partial charge is 0.263 e. The number of nitrogens with zero attached hydrogens (tertiary/aromatic N) is 2. The number of anilines is 1. The minimum atomic E-state index is -3.53. The van der Waals surface area contributed by atoms with Crippen molar-refractivity contribution in [1.82, 2.24) is 10.0 Å². The number of hydrogen-bond acceptors (Lipinski definition) is 6. The van der Waals surface area contributed by atoms with E-state index in [9.17, 15) is 8.42 Å². The highest BCUT2D eigenvalue weighted by Gasteiger charge is 2.20. The summed E-state index contributed by atoms with van der Waals surface area (Å²) in [5.74, 6) is 0.831. The molecule has 2 heterocycles. The second-order valence-electron chi connectivity index (χ2n) is 5.44. The SMILES string of the molecule is C[C@H]1CN(c2ccc(S(=O)(=O)NC3=NCCS3)cc2)CCN1. The largest absolute Gasteiger partial charge is 0.369 e.